The molecule has 4 fully saturated rings. The van der Waals surface area contributed by atoms with Crippen molar-refractivity contribution in [3.8, 4) is 11.5 Å². The van der Waals surface area contributed by atoms with Gasteiger partial charge in [0.2, 0.25) is 23.6 Å². The minimum absolute atomic E-state index is 0. The molecule has 4 aromatic rings. The summed E-state index contributed by atoms with van der Waals surface area (Å²) in [6.45, 7) is 12.5. The van der Waals surface area contributed by atoms with Crippen LogP contribution in [0.15, 0.2) is 157 Å². The summed E-state index contributed by atoms with van der Waals surface area (Å²) in [5.74, 6) is -10.8. The Morgan fingerprint density at radius 1 is 0.448 bits per heavy atom. The van der Waals surface area contributed by atoms with E-state index >= 15 is 0 Å². The van der Waals surface area contributed by atoms with Gasteiger partial charge in [0.1, 0.15) is 11.5 Å². The molecule has 4 heterocycles. The van der Waals surface area contributed by atoms with Gasteiger partial charge in [0.15, 0.2) is 0 Å². The van der Waals surface area contributed by atoms with Crippen LogP contribution in [-0.4, -0.2) is 93.9 Å². The largest absolute Gasteiger partial charge is 0.803 e. The Bertz CT molecular complexity index is 4260. The zero-order valence-corrected chi connectivity index (χ0v) is 61.1. The van der Waals surface area contributed by atoms with Crippen molar-refractivity contribution in [3.05, 3.63) is 213 Å². The van der Waals surface area contributed by atoms with Gasteiger partial charge < -0.3 is 72.3 Å². The molecule has 23 heteroatoms. The standard InChI is InChI=1S/C82H92N8O14.Co/c1-81(2,3)48-38-47(39-49(40-48)82(4,5)6)45-20-13-24-58(83)69-60(85)26-15-22-46(68-66(99-7)32-19-33-67(68)100-8)23-16-27-61(86)70(59(84)25-14-21-45)72-63-29-18-31-65(72)90-76(94)53-44-57(53)80(98)104-37-12-11-36-103-79(97)56-43-52(56)75(93)89-64-30-17-28-62(71(64)69)87-73(91)50-41-54(50)77(95)101-34-9-10-35-102-78(96)55-42-51(55)74(92)88-63;/h13-20,22-33,38-40,50-57H,9-12,21,34-37,41-44H2,1-8H3,(H11,83,84,85,86,87,88,89,90,91,92,93,94);/p-4/b24-13-,25-14-,45-20-;. The quantitative estimate of drug-likeness (QED) is 0.109. The number of ether oxygens (including phenoxy) is 6. The Labute approximate surface area is 622 Å². The smallest absolute Gasteiger partial charge is 0.309 e. The average Bonchev–Trinajstić information content (AvgIpc) is 1.38. The van der Waals surface area contributed by atoms with Crippen molar-refractivity contribution in [3.63, 3.8) is 0 Å². The van der Waals surface area contributed by atoms with Gasteiger partial charge in [-0.15, -0.1) is 17.1 Å². The maximum Gasteiger partial charge on any atom is 0.309 e. The first-order valence-corrected chi connectivity index (χ1v) is 35.3. The van der Waals surface area contributed by atoms with Crippen molar-refractivity contribution in [2.75, 3.05) is 61.9 Å². The molecule has 4 aliphatic heterocycles. The van der Waals surface area contributed by atoms with Gasteiger partial charge in [0.05, 0.1) is 116 Å². The summed E-state index contributed by atoms with van der Waals surface area (Å²) in [7, 11) is 2.95. The fourth-order valence-electron chi connectivity index (χ4n) is 13.0. The van der Waals surface area contributed by atoms with Gasteiger partial charge >= 0.3 is 23.9 Å². The maximum absolute atomic E-state index is 14.6. The number of hydrogen-bond acceptors (Lipinski definition) is 14. The summed E-state index contributed by atoms with van der Waals surface area (Å²) in [6.07, 6.45) is 19.1. The Balaban J connectivity index is 0.0000118. The molecule has 8 unspecified atom stereocenters. The van der Waals surface area contributed by atoms with Gasteiger partial charge in [0.25, 0.3) is 0 Å². The topological polar surface area (TPSA) is 334 Å². The predicted molar refractivity (Wildman–Crippen MR) is 400 cm³/mol. The summed E-state index contributed by atoms with van der Waals surface area (Å²) in [4.78, 5) is 113. The number of carbonyl (C=O) groups is 8. The molecule has 8 atom stereocenters. The third kappa shape index (κ3) is 18.5. The second-order valence-electron chi connectivity index (χ2n) is 29.2. The molecule has 0 spiro atoms. The van der Waals surface area contributed by atoms with E-state index in [-0.39, 0.29) is 148 Å². The monoisotopic (exact) mass is 1470 g/mol. The van der Waals surface area contributed by atoms with Crippen LogP contribution in [0.1, 0.15) is 133 Å². The predicted octanol–water partition coefficient (Wildman–Crippen LogP) is 15.3. The number of carbonyl (C=O) groups excluding carboxylic acids is 8. The van der Waals surface area contributed by atoms with Crippen molar-refractivity contribution in [1.82, 2.24) is 0 Å². The number of rotatable bonds is 4. The van der Waals surface area contributed by atoms with E-state index in [0.29, 0.717) is 53.9 Å². The van der Waals surface area contributed by atoms with E-state index in [9.17, 15) is 61.0 Å². The number of fused-ring (bicyclic) bond motifs is 18. The van der Waals surface area contributed by atoms with Crippen LogP contribution >= 0.6 is 0 Å². The van der Waals surface area contributed by atoms with Crippen LogP contribution in [0.5, 0.6) is 11.5 Å². The molecular formula is C82H88CoN8O14-4. The van der Waals surface area contributed by atoms with E-state index in [2.05, 4.69) is 81.0 Å². The SMILES string of the molecule is COc1cccc(OC)c1C1=C\C=C/C(=[N-])/C2=C([NH-])/C=C\C=C(/c3cc(C(C)(C)C)cc(C(C)(C)C)c3)C/C=C\C([NH-])=C(\C([NH-])=C\C=C\1)c1c3cccc1NC(=O)C1CC1C(=O)OCCCCOC(=O)C1CC1C(=O)Nc1cccc(c12)NC(=O)C1CC1C(=O)OCCCCOC(=O)C1CC1C(=O)N3.[Co]. The zero-order chi connectivity index (χ0) is 74.3. The van der Waals surface area contributed by atoms with Crippen molar-refractivity contribution in [2.45, 2.75) is 110 Å². The van der Waals surface area contributed by atoms with Crippen molar-refractivity contribution in [1.29, 1.82) is 0 Å². The average molecular weight is 1470 g/mol. The number of anilines is 4. The minimum atomic E-state index is -0.865. The van der Waals surface area contributed by atoms with Gasteiger partial charge in [-0.25, -0.2) is 0 Å². The van der Waals surface area contributed by atoms with Gasteiger partial charge in [-0.05, 0) is 144 Å². The van der Waals surface area contributed by atoms with Crippen LogP contribution in [0.4, 0.5) is 22.7 Å². The van der Waals surface area contributed by atoms with E-state index in [1.807, 2.05) is 0 Å². The number of allylic oxidation sites excluding steroid dienone is 15. The summed E-state index contributed by atoms with van der Waals surface area (Å²) < 4.78 is 34.4. The molecule has 1 radical (unpaired) electrons. The molecule has 4 bridgehead atoms. The molecule has 0 aromatic heterocycles. The Hall–Kier alpha value is -10.5. The number of nitrogens with one attached hydrogen (secondary N) is 7. The van der Waals surface area contributed by atoms with Crippen molar-refractivity contribution < 1.29 is 83.6 Å². The third-order valence-electron chi connectivity index (χ3n) is 19.5. The van der Waals surface area contributed by atoms with Crippen LogP contribution in [0.2, 0.25) is 0 Å². The molecule has 4 amide bonds. The Morgan fingerprint density at radius 3 is 1.22 bits per heavy atom. The first-order chi connectivity index (χ1) is 49.7. The number of methoxy groups -OCH3 is 2. The number of nitrogens with zero attached hydrogens (tertiary/aromatic N) is 1. The summed E-state index contributed by atoms with van der Waals surface area (Å²) in [6, 6.07) is 20.9. The summed E-state index contributed by atoms with van der Waals surface area (Å²) in [5, 5.41) is 24.8. The van der Waals surface area contributed by atoms with Gasteiger partial charge in [-0.3, -0.25) is 38.4 Å². The number of esters is 4. The van der Waals surface area contributed by atoms with E-state index < -0.39 is 101 Å². The molecule has 22 nitrogen and oxygen atoms in total. The number of amides is 4. The van der Waals surface area contributed by atoms with E-state index in [1.165, 1.54) is 44.6 Å². The molecule has 105 heavy (non-hydrogen) atoms. The maximum atomic E-state index is 14.6. The van der Waals surface area contributed by atoms with Crippen LogP contribution in [0.3, 0.4) is 0 Å². The van der Waals surface area contributed by atoms with Crippen LogP contribution in [0, 0.1) is 47.3 Å². The van der Waals surface area contributed by atoms with Gasteiger partial charge in [-0.2, -0.15) is 5.71 Å². The van der Waals surface area contributed by atoms with Crippen LogP contribution < -0.4 is 30.7 Å². The van der Waals surface area contributed by atoms with Crippen molar-refractivity contribution in [2.24, 2.45) is 47.3 Å². The zero-order valence-electron chi connectivity index (χ0n) is 60.1. The summed E-state index contributed by atoms with van der Waals surface area (Å²) >= 11 is 0. The molecule has 553 valence electrons. The molecule has 5 aliphatic carbocycles. The van der Waals surface area contributed by atoms with Gasteiger partial charge in [0, 0.05) is 27.9 Å². The van der Waals surface area contributed by atoms with E-state index in [0.717, 1.165) is 16.7 Å². The van der Waals surface area contributed by atoms with Crippen molar-refractivity contribution >= 4 is 98.3 Å². The molecular weight excluding hydrogens is 1380 g/mol. The number of benzene rings is 4. The summed E-state index contributed by atoms with van der Waals surface area (Å²) in [5.41, 5.74) is 32.8. The number of hydrogen-bond donors (Lipinski definition) is 4. The molecule has 0 saturated heterocycles. The molecule has 4 aromatic carbocycles. The first-order valence-electron chi connectivity index (χ1n) is 35.3. The normalized spacial score (nSPS) is 28.2. The third-order valence-corrected chi connectivity index (χ3v) is 19.5. The Morgan fingerprint density at radius 2 is 0.819 bits per heavy atom. The molecule has 7 N–H and O–H groups in total. The molecule has 4 saturated carbocycles. The fraction of sp³-hybridized carbons (Fsp3) is 0.378. The fourth-order valence-corrected chi connectivity index (χ4v) is 13.0. The minimum Gasteiger partial charge on any atom is -0.803 e. The van der Waals surface area contributed by atoms with Gasteiger partial charge in [-0.1, -0.05) is 145 Å². The van der Waals surface area contributed by atoms with E-state index in [1.54, 1.807) is 91.1 Å². The second kappa shape index (κ2) is 33.1. The van der Waals surface area contributed by atoms with Crippen LogP contribution in [-0.2, 0) is 84.9 Å². The first kappa shape index (κ1) is 77.1. The molecule has 9 aliphatic rings. The second-order valence-corrected chi connectivity index (χ2v) is 29.2. The van der Waals surface area contributed by atoms with Crippen LogP contribution in [0.25, 0.3) is 44.9 Å². The Kier molecular flexibility index (Phi) is 24.3. The molecule has 13 rings (SSSR count). The van der Waals surface area contributed by atoms with E-state index in [4.69, 9.17) is 28.4 Å².